The van der Waals surface area contributed by atoms with Crippen molar-refractivity contribution < 1.29 is 4.79 Å². The lowest BCUT2D eigenvalue weighted by atomic mass is 10.1. The van der Waals surface area contributed by atoms with Gasteiger partial charge in [-0.3, -0.25) is 4.79 Å². The molecular formula is C18H18N2O. The van der Waals surface area contributed by atoms with Gasteiger partial charge in [0.1, 0.15) is 0 Å². The molecular weight excluding hydrogens is 260 g/mol. The second-order valence-electron chi connectivity index (χ2n) is 4.91. The highest BCUT2D eigenvalue weighted by molar-refractivity contribution is 5.99. The van der Waals surface area contributed by atoms with Crippen LogP contribution in [0.2, 0.25) is 0 Å². The van der Waals surface area contributed by atoms with E-state index in [9.17, 15) is 4.79 Å². The molecule has 2 aromatic rings. The lowest BCUT2D eigenvalue weighted by Gasteiger charge is -2.24. The van der Waals surface area contributed by atoms with Crippen LogP contribution in [-0.2, 0) is 0 Å². The fourth-order valence-corrected chi connectivity index (χ4v) is 2.28. The number of hydrogen-bond acceptors (Lipinski definition) is 3. The van der Waals surface area contributed by atoms with Gasteiger partial charge in [-0.25, -0.2) is 0 Å². The van der Waals surface area contributed by atoms with Crippen LogP contribution in [0.1, 0.15) is 28.4 Å². The zero-order valence-electron chi connectivity index (χ0n) is 12.3. The first-order chi connectivity index (χ1) is 10.2. The Morgan fingerprint density at radius 1 is 1.14 bits per heavy atom. The predicted octanol–water partition coefficient (Wildman–Crippen LogP) is 3.58. The van der Waals surface area contributed by atoms with Gasteiger partial charge in [-0.2, -0.15) is 5.26 Å². The lowest BCUT2D eigenvalue weighted by molar-refractivity contribution is 0.0999. The number of para-hydroxylation sites is 1. The molecule has 0 saturated carbocycles. The van der Waals surface area contributed by atoms with Crippen LogP contribution in [-0.4, -0.2) is 18.9 Å². The second kappa shape index (κ2) is 6.71. The van der Waals surface area contributed by atoms with E-state index in [1.807, 2.05) is 38.1 Å². The fourth-order valence-electron chi connectivity index (χ4n) is 2.28. The Morgan fingerprint density at radius 2 is 1.81 bits per heavy atom. The number of carbonyl (C=O) groups excluding carboxylic acids is 1. The molecule has 0 aromatic heterocycles. The van der Waals surface area contributed by atoms with E-state index in [1.165, 1.54) is 0 Å². The average Bonchev–Trinajstić information content (AvgIpc) is 2.53. The summed E-state index contributed by atoms with van der Waals surface area (Å²) in [4.78, 5) is 14.4. The minimum Gasteiger partial charge on any atom is -0.364 e. The molecule has 2 rings (SSSR count). The largest absolute Gasteiger partial charge is 0.364 e. The molecule has 0 radical (unpaired) electrons. The first-order valence-corrected chi connectivity index (χ1v) is 6.99. The molecule has 0 aliphatic carbocycles. The Labute approximate surface area is 125 Å². The monoisotopic (exact) mass is 278 g/mol. The molecule has 0 bridgehead atoms. The molecule has 0 unspecified atom stereocenters. The molecule has 0 amide bonds. The number of Topliss-reactive ketones (excluding diaryl/α,β-unsaturated/α-hetero) is 1. The molecule has 106 valence electrons. The summed E-state index contributed by atoms with van der Waals surface area (Å²) in [6.45, 7) is 5.20. The number of benzene rings is 2. The van der Waals surface area contributed by atoms with Gasteiger partial charge in [0.15, 0.2) is 5.78 Å². The fraction of sp³-hybridized carbons (Fsp3) is 0.222. The van der Waals surface area contributed by atoms with E-state index in [0.717, 1.165) is 17.8 Å². The van der Waals surface area contributed by atoms with Crippen LogP contribution in [0.15, 0.2) is 48.5 Å². The zero-order valence-corrected chi connectivity index (χ0v) is 12.3. The van der Waals surface area contributed by atoms with Gasteiger partial charge < -0.3 is 4.90 Å². The topological polar surface area (TPSA) is 44.1 Å². The van der Waals surface area contributed by atoms with Gasteiger partial charge in [-0.1, -0.05) is 30.3 Å². The van der Waals surface area contributed by atoms with E-state index in [0.29, 0.717) is 17.7 Å². The van der Waals surface area contributed by atoms with Crippen LogP contribution < -0.4 is 4.90 Å². The summed E-state index contributed by atoms with van der Waals surface area (Å²) in [5.41, 5.74) is 3.45. The van der Waals surface area contributed by atoms with Crippen molar-refractivity contribution in [3.8, 4) is 6.07 Å². The van der Waals surface area contributed by atoms with E-state index in [1.54, 1.807) is 24.3 Å². The molecule has 0 saturated heterocycles. The van der Waals surface area contributed by atoms with Crippen LogP contribution in [0, 0.1) is 18.3 Å². The van der Waals surface area contributed by atoms with Crippen LogP contribution in [0.5, 0.6) is 0 Å². The summed E-state index contributed by atoms with van der Waals surface area (Å²) in [6, 6.07) is 16.9. The van der Waals surface area contributed by atoms with Crippen molar-refractivity contribution in [1.82, 2.24) is 0 Å². The van der Waals surface area contributed by atoms with Gasteiger partial charge in [-0.15, -0.1) is 0 Å². The van der Waals surface area contributed by atoms with Gasteiger partial charge in [0.25, 0.3) is 0 Å². The van der Waals surface area contributed by atoms with Crippen molar-refractivity contribution >= 4 is 11.5 Å². The lowest BCUT2D eigenvalue weighted by Crippen LogP contribution is -2.30. The molecule has 0 aliphatic heterocycles. The number of hydrogen-bond donors (Lipinski definition) is 0. The minimum absolute atomic E-state index is 0.0598. The van der Waals surface area contributed by atoms with Crippen LogP contribution in [0.3, 0.4) is 0 Å². The van der Waals surface area contributed by atoms with Crippen LogP contribution in [0.25, 0.3) is 0 Å². The minimum atomic E-state index is 0.0598. The number of aryl methyl sites for hydroxylation is 1. The summed E-state index contributed by atoms with van der Waals surface area (Å²) < 4.78 is 0. The predicted molar refractivity (Wildman–Crippen MR) is 84.6 cm³/mol. The molecule has 3 heteroatoms. The first kappa shape index (κ1) is 14.8. The number of anilines is 1. The Balaban J connectivity index is 2.16. The molecule has 0 heterocycles. The molecule has 0 spiro atoms. The third-order valence-electron chi connectivity index (χ3n) is 3.51. The Hall–Kier alpha value is -2.60. The number of carbonyl (C=O) groups is 1. The van der Waals surface area contributed by atoms with Crippen LogP contribution >= 0.6 is 0 Å². The molecule has 0 aliphatic rings. The highest BCUT2D eigenvalue weighted by Gasteiger charge is 2.13. The van der Waals surface area contributed by atoms with E-state index in [2.05, 4.69) is 11.0 Å². The third kappa shape index (κ3) is 3.49. The van der Waals surface area contributed by atoms with E-state index < -0.39 is 0 Å². The number of rotatable bonds is 5. The molecule has 21 heavy (non-hydrogen) atoms. The SMILES string of the molecule is CCN(CC(=O)c1ccc(C#N)cc1)c1ccccc1C. The smallest absolute Gasteiger partial charge is 0.182 e. The van der Waals surface area contributed by atoms with Crippen molar-refractivity contribution in [1.29, 1.82) is 5.26 Å². The summed E-state index contributed by atoms with van der Waals surface area (Å²) in [7, 11) is 0. The molecule has 3 nitrogen and oxygen atoms in total. The maximum atomic E-state index is 12.4. The van der Waals surface area contributed by atoms with E-state index in [-0.39, 0.29) is 5.78 Å². The molecule has 0 N–H and O–H groups in total. The third-order valence-corrected chi connectivity index (χ3v) is 3.51. The zero-order chi connectivity index (χ0) is 15.2. The van der Waals surface area contributed by atoms with Gasteiger partial charge in [0.05, 0.1) is 18.2 Å². The standard InChI is InChI=1S/C18H18N2O/c1-3-20(17-7-5-4-6-14(17)2)13-18(21)16-10-8-15(12-19)9-11-16/h4-11H,3,13H2,1-2H3. The summed E-state index contributed by atoms with van der Waals surface area (Å²) in [6.07, 6.45) is 0. The Morgan fingerprint density at radius 3 is 2.38 bits per heavy atom. The van der Waals surface area contributed by atoms with Crippen molar-refractivity contribution in [2.24, 2.45) is 0 Å². The van der Waals surface area contributed by atoms with Crippen LogP contribution in [0.4, 0.5) is 5.69 Å². The summed E-state index contributed by atoms with van der Waals surface area (Å²) in [5, 5.41) is 8.79. The number of likely N-dealkylation sites (N-methyl/N-ethyl adjacent to an activating group) is 1. The normalized spacial score (nSPS) is 9.95. The summed E-state index contributed by atoms with van der Waals surface area (Å²) in [5.74, 6) is 0.0598. The van der Waals surface area contributed by atoms with Gasteiger partial charge in [-0.05, 0) is 37.6 Å². The van der Waals surface area contributed by atoms with Crippen molar-refractivity contribution in [2.45, 2.75) is 13.8 Å². The average molecular weight is 278 g/mol. The first-order valence-electron chi connectivity index (χ1n) is 6.99. The number of nitrogens with zero attached hydrogens (tertiary/aromatic N) is 2. The molecule has 0 fully saturated rings. The van der Waals surface area contributed by atoms with Crippen molar-refractivity contribution in [3.05, 3.63) is 65.2 Å². The maximum Gasteiger partial charge on any atom is 0.182 e. The highest BCUT2D eigenvalue weighted by Crippen LogP contribution is 2.19. The second-order valence-corrected chi connectivity index (χ2v) is 4.91. The molecule has 2 aromatic carbocycles. The van der Waals surface area contributed by atoms with Crippen molar-refractivity contribution in [2.75, 3.05) is 18.0 Å². The summed E-state index contributed by atoms with van der Waals surface area (Å²) >= 11 is 0. The number of nitriles is 1. The maximum absolute atomic E-state index is 12.4. The van der Waals surface area contributed by atoms with Crippen molar-refractivity contribution in [3.63, 3.8) is 0 Å². The highest BCUT2D eigenvalue weighted by atomic mass is 16.1. The quantitative estimate of drug-likeness (QED) is 0.785. The van der Waals surface area contributed by atoms with E-state index >= 15 is 0 Å². The van der Waals surface area contributed by atoms with Gasteiger partial charge in [0.2, 0.25) is 0 Å². The Bertz CT molecular complexity index is 668. The number of ketones is 1. The van der Waals surface area contributed by atoms with Gasteiger partial charge >= 0.3 is 0 Å². The molecule has 0 atom stereocenters. The van der Waals surface area contributed by atoms with E-state index in [4.69, 9.17) is 5.26 Å². The van der Waals surface area contributed by atoms with Gasteiger partial charge in [0, 0.05) is 17.8 Å². The Kier molecular flexibility index (Phi) is 4.73.